The van der Waals surface area contributed by atoms with Crippen LogP contribution in [0.25, 0.3) is 0 Å². The van der Waals surface area contributed by atoms with E-state index < -0.39 is 11.9 Å². The molecule has 2 amide bonds. The Bertz CT molecular complexity index is 838. The first kappa shape index (κ1) is 19.2. The van der Waals surface area contributed by atoms with E-state index in [9.17, 15) is 14.4 Å². The van der Waals surface area contributed by atoms with Gasteiger partial charge in [0.2, 0.25) is 0 Å². The van der Waals surface area contributed by atoms with Gasteiger partial charge in [0.1, 0.15) is 0 Å². The molecule has 0 fully saturated rings. The van der Waals surface area contributed by atoms with Gasteiger partial charge >= 0.3 is 5.97 Å². The number of esters is 1. The number of ether oxygens (including phenoxy) is 1. The van der Waals surface area contributed by atoms with E-state index in [0.717, 1.165) is 0 Å². The Morgan fingerprint density at radius 2 is 1.50 bits per heavy atom. The van der Waals surface area contributed by atoms with Crippen molar-refractivity contribution in [2.45, 2.75) is 26.3 Å². The van der Waals surface area contributed by atoms with Gasteiger partial charge in [-0.3, -0.25) is 9.59 Å². The predicted molar refractivity (Wildman–Crippen MR) is 99.4 cm³/mol. The van der Waals surface area contributed by atoms with Crippen LogP contribution in [-0.4, -0.2) is 30.4 Å². The second-order valence-corrected chi connectivity index (χ2v) is 6.78. The number of hydrogen-bond donors (Lipinski definition) is 2. The minimum absolute atomic E-state index is 0.255. The summed E-state index contributed by atoms with van der Waals surface area (Å²) < 4.78 is 4.72. The Morgan fingerprint density at radius 1 is 0.885 bits per heavy atom. The molecular formula is C20H22N2O4. The van der Waals surface area contributed by atoms with Crippen molar-refractivity contribution in [2.75, 3.05) is 12.4 Å². The van der Waals surface area contributed by atoms with E-state index in [1.165, 1.54) is 13.2 Å². The fraction of sp³-hybridized carbons (Fsp3) is 0.250. The first-order chi connectivity index (χ1) is 12.2. The van der Waals surface area contributed by atoms with Gasteiger partial charge < -0.3 is 15.4 Å². The van der Waals surface area contributed by atoms with Gasteiger partial charge in [-0.05, 0) is 51.1 Å². The maximum Gasteiger partial charge on any atom is 0.339 e. The monoisotopic (exact) mass is 354 g/mol. The SMILES string of the molecule is COC(=O)c1ccccc1NC(=O)c1cccc(C(=O)NC(C)(C)C)c1. The van der Waals surface area contributed by atoms with Crippen molar-refractivity contribution in [3.8, 4) is 0 Å². The predicted octanol–water partition coefficient (Wildman–Crippen LogP) is 3.25. The van der Waals surface area contributed by atoms with Crippen molar-refractivity contribution in [3.05, 3.63) is 65.2 Å². The molecule has 0 spiro atoms. The van der Waals surface area contributed by atoms with Crippen molar-refractivity contribution in [1.29, 1.82) is 0 Å². The van der Waals surface area contributed by atoms with Crippen LogP contribution in [0, 0.1) is 0 Å². The smallest absolute Gasteiger partial charge is 0.339 e. The van der Waals surface area contributed by atoms with Crippen molar-refractivity contribution in [2.24, 2.45) is 0 Å². The number of amides is 2. The van der Waals surface area contributed by atoms with Crippen molar-refractivity contribution < 1.29 is 19.1 Å². The molecule has 0 radical (unpaired) electrons. The third kappa shape index (κ3) is 4.92. The van der Waals surface area contributed by atoms with E-state index >= 15 is 0 Å². The van der Waals surface area contributed by atoms with Gasteiger partial charge in [-0.1, -0.05) is 18.2 Å². The van der Waals surface area contributed by atoms with E-state index in [2.05, 4.69) is 10.6 Å². The maximum absolute atomic E-state index is 12.5. The fourth-order valence-electron chi connectivity index (χ4n) is 2.29. The lowest BCUT2D eigenvalue weighted by atomic mass is 10.1. The fourth-order valence-corrected chi connectivity index (χ4v) is 2.29. The first-order valence-corrected chi connectivity index (χ1v) is 8.12. The summed E-state index contributed by atoms with van der Waals surface area (Å²) in [6.07, 6.45) is 0. The highest BCUT2D eigenvalue weighted by Gasteiger charge is 2.18. The second-order valence-electron chi connectivity index (χ2n) is 6.78. The molecule has 6 nitrogen and oxygen atoms in total. The number of para-hydroxylation sites is 1. The van der Waals surface area contributed by atoms with Crippen molar-refractivity contribution in [1.82, 2.24) is 5.32 Å². The normalized spacial score (nSPS) is 10.8. The molecule has 2 aromatic rings. The summed E-state index contributed by atoms with van der Waals surface area (Å²) in [6.45, 7) is 5.64. The quantitative estimate of drug-likeness (QED) is 0.826. The van der Waals surface area contributed by atoms with Crippen LogP contribution in [0.4, 0.5) is 5.69 Å². The summed E-state index contributed by atoms with van der Waals surface area (Å²) in [5, 5.41) is 5.54. The molecule has 0 aliphatic rings. The molecule has 0 bridgehead atoms. The molecule has 0 unspecified atom stereocenters. The topological polar surface area (TPSA) is 84.5 Å². The van der Waals surface area contributed by atoms with Gasteiger partial charge in [0.25, 0.3) is 11.8 Å². The van der Waals surface area contributed by atoms with E-state index in [1.807, 2.05) is 20.8 Å². The summed E-state index contributed by atoms with van der Waals surface area (Å²) >= 11 is 0. The Morgan fingerprint density at radius 3 is 2.12 bits per heavy atom. The van der Waals surface area contributed by atoms with Crippen LogP contribution in [0.3, 0.4) is 0 Å². The van der Waals surface area contributed by atoms with Crippen molar-refractivity contribution in [3.63, 3.8) is 0 Å². The van der Waals surface area contributed by atoms with E-state index in [4.69, 9.17) is 4.74 Å². The summed E-state index contributed by atoms with van der Waals surface area (Å²) in [5.41, 5.74) is 0.911. The highest BCUT2D eigenvalue weighted by atomic mass is 16.5. The third-order valence-electron chi connectivity index (χ3n) is 3.46. The Labute approximate surface area is 152 Å². The molecule has 0 heterocycles. The number of hydrogen-bond acceptors (Lipinski definition) is 4. The highest BCUT2D eigenvalue weighted by molar-refractivity contribution is 6.09. The third-order valence-corrected chi connectivity index (χ3v) is 3.46. The Balaban J connectivity index is 2.23. The van der Waals surface area contributed by atoms with Gasteiger partial charge in [0, 0.05) is 16.7 Å². The molecule has 0 saturated carbocycles. The summed E-state index contributed by atoms with van der Waals surface area (Å²) in [6, 6.07) is 12.9. The molecule has 0 aliphatic heterocycles. The van der Waals surface area contributed by atoms with Crippen LogP contribution in [0.5, 0.6) is 0 Å². The number of anilines is 1. The lowest BCUT2D eigenvalue weighted by molar-refractivity contribution is 0.0601. The minimum atomic E-state index is -0.542. The second kappa shape index (κ2) is 7.82. The number of benzene rings is 2. The molecule has 0 atom stereocenters. The van der Waals surface area contributed by atoms with E-state index in [1.54, 1.807) is 42.5 Å². The van der Waals surface area contributed by atoms with E-state index in [-0.39, 0.29) is 17.0 Å². The number of nitrogens with one attached hydrogen (secondary N) is 2. The van der Waals surface area contributed by atoms with Gasteiger partial charge in [-0.2, -0.15) is 0 Å². The molecule has 136 valence electrons. The first-order valence-electron chi connectivity index (χ1n) is 8.12. The molecular weight excluding hydrogens is 332 g/mol. The largest absolute Gasteiger partial charge is 0.465 e. The van der Waals surface area contributed by atoms with Crippen LogP contribution < -0.4 is 10.6 Å². The van der Waals surface area contributed by atoms with Crippen LogP contribution in [0.1, 0.15) is 51.8 Å². The molecule has 0 aliphatic carbocycles. The average molecular weight is 354 g/mol. The molecule has 26 heavy (non-hydrogen) atoms. The summed E-state index contributed by atoms with van der Waals surface area (Å²) in [4.78, 5) is 36.6. The van der Waals surface area contributed by atoms with Gasteiger partial charge in [-0.15, -0.1) is 0 Å². The minimum Gasteiger partial charge on any atom is -0.465 e. The molecule has 0 saturated heterocycles. The molecule has 2 rings (SSSR count). The average Bonchev–Trinajstić information content (AvgIpc) is 2.60. The van der Waals surface area contributed by atoms with Gasteiger partial charge in [0.05, 0.1) is 18.4 Å². The van der Waals surface area contributed by atoms with Crippen LogP contribution in [0.2, 0.25) is 0 Å². The zero-order valence-corrected chi connectivity index (χ0v) is 15.3. The summed E-state index contributed by atoms with van der Waals surface area (Å²) in [7, 11) is 1.28. The standard InChI is InChI=1S/C20H22N2O4/c1-20(2,3)22-18(24)14-9-7-8-13(12-14)17(23)21-16-11-6-5-10-15(16)19(25)26-4/h5-12H,1-4H3,(H,21,23)(H,22,24). The van der Waals surface area contributed by atoms with Crippen molar-refractivity contribution >= 4 is 23.5 Å². The molecule has 0 aromatic heterocycles. The van der Waals surface area contributed by atoms with Crippen LogP contribution >= 0.6 is 0 Å². The lowest BCUT2D eigenvalue weighted by Gasteiger charge is -2.20. The number of carbonyl (C=O) groups excluding carboxylic acids is 3. The van der Waals surface area contributed by atoms with E-state index in [0.29, 0.717) is 16.8 Å². The molecule has 2 aromatic carbocycles. The van der Waals surface area contributed by atoms with Gasteiger partial charge in [-0.25, -0.2) is 4.79 Å². The number of rotatable bonds is 4. The Kier molecular flexibility index (Phi) is 5.77. The molecule has 2 N–H and O–H groups in total. The number of methoxy groups -OCH3 is 1. The van der Waals surface area contributed by atoms with Gasteiger partial charge in [0.15, 0.2) is 0 Å². The Hall–Kier alpha value is -3.15. The highest BCUT2D eigenvalue weighted by Crippen LogP contribution is 2.18. The zero-order valence-electron chi connectivity index (χ0n) is 15.3. The zero-order chi connectivity index (χ0) is 19.3. The maximum atomic E-state index is 12.5. The van der Waals surface area contributed by atoms with Crippen LogP contribution in [0.15, 0.2) is 48.5 Å². The molecule has 6 heteroatoms. The lowest BCUT2D eigenvalue weighted by Crippen LogP contribution is -2.40. The number of carbonyl (C=O) groups is 3. The summed E-state index contributed by atoms with van der Waals surface area (Å²) in [5.74, 6) is -1.23. The van der Waals surface area contributed by atoms with Crippen LogP contribution in [-0.2, 0) is 4.74 Å².